The minimum absolute atomic E-state index is 0. The van der Waals surface area contributed by atoms with Gasteiger partial charge in [-0.2, -0.15) is 0 Å². The van der Waals surface area contributed by atoms with Crippen molar-refractivity contribution in [3.05, 3.63) is 12.7 Å². The largest absolute Gasteiger partial charge is 1.00 e. The summed E-state index contributed by atoms with van der Waals surface area (Å²) in [6.45, 7) is 15.7. The zero-order chi connectivity index (χ0) is 9.45. The minimum atomic E-state index is 0. The fraction of sp³-hybridized carbons (Fsp3) is 0.818. The second-order valence-electron chi connectivity index (χ2n) is 3.44. The van der Waals surface area contributed by atoms with Gasteiger partial charge in [0.05, 0.1) is 26.2 Å². The van der Waals surface area contributed by atoms with Gasteiger partial charge >= 0.3 is 0 Å². The molecule has 2 heteroatoms. The normalized spacial score (nSPS) is 10.7. The van der Waals surface area contributed by atoms with Crippen molar-refractivity contribution in [3.8, 4) is 0 Å². The van der Waals surface area contributed by atoms with E-state index in [-0.39, 0.29) is 12.4 Å². The maximum absolute atomic E-state index is 3.75. The van der Waals surface area contributed by atoms with Crippen LogP contribution >= 0.6 is 0 Å². The molecule has 0 aromatic rings. The van der Waals surface area contributed by atoms with Gasteiger partial charge in [0.25, 0.3) is 0 Å². The lowest BCUT2D eigenvalue weighted by molar-refractivity contribution is -0.923. The van der Waals surface area contributed by atoms with Crippen LogP contribution in [-0.4, -0.2) is 30.7 Å². The van der Waals surface area contributed by atoms with E-state index in [0.29, 0.717) is 0 Å². The molecule has 0 heterocycles. The van der Waals surface area contributed by atoms with Crippen molar-refractivity contribution in [1.82, 2.24) is 0 Å². The molecule has 0 rings (SSSR count). The summed E-state index contributed by atoms with van der Waals surface area (Å²) in [5, 5.41) is 0. The number of hydrogen-bond donors (Lipinski definition) is 0. The van der Waals surface area contributed by atoms with Crippen LogP contribution in [0.15, 0.2) is 12.7 Å². The first-order valence-electron chi connectivity index (χ1n) is 5.20. The van der Waals surface area contributed by atoms with E-state index in [1.54, 1.807) is 0 Å². The van der Waals surface area contributed by atoms with Gasteiger partial charge in [-0.1, -0.05) is 6.08 Å². The van der Waals surface area contributed by atoms with Gasteiger partial charge in [0.2, 0.25) is 0 Å². The molecule has 0 spiro atoms. The van der Waals surface area contributed by atoms with Crippen LogP contribution in [0.4, 0.5) is 0 Å². The van der Waals surface area contributed by atoms with Crippen molar-refractivity contribution in [2.45, 2.75) is 33.6 Å². The lowest BCUT2D eigenvalue weighted by Crippen LogP contribution is -3.00. The Bertz CT molecular complexity index is 111. The number of nitrogens with zero attached hydrogens (tertiary/aromatic N) is 1. The van der Waals surface area contributed by atoms with E-state index in [1.807, 2.05) is 6.08 Å². The molecule has 0 radical (unpaired) electrons. The van der Waals surface area contributed by atoms with Crippen LogP contribution < -0.4 is 12.4 Å². The van der Waals surface area contributed by atoms with Crippen molar-refractivity contribution in [1.29, 1.82) is 0 Å². The van der Waals surface area contributed by atoms with Crippen LogP contribution in [0, 0.1) is 0 Å². The van der Waals surface area contributed by atoms with Gasteiger partial charge < -0.3 is 16.9 Å². The topological polar surface area (TPSA) is 0 Å². The van der Waals surface area contributed by atoms with E-state index in [4.69, 9.17) is 0 Å². The molecule has 0 aromatic carbocycles. The minimum Gasteiger partial charge on any atom is -1.00 e. The van der Waals surface area contributed by atoms with Crippen LogP contribution in [0.1, 0.15) is 33.6 Å². The monoisotopic (exact) mass is 205 g/mol. The fourth-order valence-corrected chi connectivity index (χ4v) is 1.72. The predicted molar refractivity (Wildman–Crippen MR) is 56.2 cm³/mol. The van der Waals surface area contributed by atoms with E-state index in [2.05, 4.69) is 27.4 Å². The average Bonchev–Trinajstić information content (AvgIpc) is 2.14. The number of hydrogen-bond acceptors (Lipinski definition) is 0. The summed E-state index contributed by atoms with van der Waals surface area (Å²) in [5.41, 5.74) is 0. The van der Waals surface area contributed by atoms with Crippen molar-refractivity contribution < 1.29 is 16.9 Å². The molecule has 0 atom stereocenters. The summed E-state index contributed by atoms with van der Waals surface area (Å²) in [6, 6.07) is 0. The molecule has 0 aromatic heterocycles. The molecule has 0 bridgehead atoms. The Morgan fingerprint density at radius 1 is 1.08 bits per heavy atom. The molecular formula is C11H24ClN. The molecule has 0 fully saturated rings. The lowest BCUT2D eigenvalue weighted by atomic mass is 10.2. The average molecular weight is 206 g/mol. The first-order chi connectivity index (χ1) is 5.74. The SMILES string of the molecule is C=CCCC[N+](CC)(CC)CC.[Cl-]. The summed E-state index contributed by atoms with van der Waals surface area (Å²) >= 11 is 0. The summed E-state index contributed by atoms with van der Waals surface area (Å²) in [6.07, 6.45) is 4.48. The second-order valence-corrected chi connectivity index (χ2v) is 3.44. The molecule has 1 nitrogen and oxygen atoms in total. The molecule has 0 aliphatic rings. The van der Waals surface area contributed by atoms with Gasteiger partial charge in [0, 0.05) is 6.42 Å². The van der Waals surface area contributed by atoms with Gasteiger partial charge in [0.1, 0.15) is 0 Å². The summed E-state index contributed by atoms with van der Waals surface area (Å²) < 4.78 is 1.27. The van der Waals surface area contributed by atoms with Gasteiger partial charge in [-0.15, -0.1) is 6.58 Å². The van der Waals surface area contributed by atoms with Gasteiger partial charge in [-0.3, -0.25) is 0 Å². The predicted octanol–water partition coefficient (Wildman–Crippen LogP) is -0.167. The third-order valence-corrected chi connectivity index (χ3v) is 3.05. The summed E-state index contributed by atoms with van der Waals surface area (Å²) in [7, 11) is 0. The van der Waals surface area contributed by atoms with Crippen molar-refractivity contribution >= 4 is 0 Å². The Labute approximate surface area is 89.8 Å². The Hall–Kier alpha value is -0.0100. The van der Waals surface area contributed by atoms with Gasteiger partial charge in [-0.25, -0.2) is 0 Å². The number of allylic oxidation sites excluding steroid dienone is 1. The number of halogens is 1. The zero-order valence-electron chi connectivity index (χ0n) is 9.35. The number of unbranched alkanes of at least 4 members (excludes halogenated alkanes) is 1. The van der Waals surface area contributed by atoms with E-state index in [0.717, 1.165) is 0 Å². The highest BCUT2D eigenvalue weighted by atomic mass is 35.5. The Morgan fingerprint density at radius 3 is 1.85 bits per heavy atom. The number of rotatable bonds is 7. The van der Waals surface area contributed by atoms with Crippen LogP contribution in [0.2, 0.25) is 0 Å². The van der Waals surface area contributed by atoms with Crippen LogP contribution in [-0.2, 0) is 0 Å². The highest BCUT2D eigenvalue weighted by Gasteiger charge is 2.18. The molecule has 0 saturated carbocycles. The van der Waals surface area contributed by atoms with Crippen LogP contribution in [0.25, 0.3) is 0 Å². The van der Waals surface area contributed by atoms with Gasteiger partial charge in [-0.05, 0) is 27.2 Å². The van der Waals surface area contributed by atoms with E-state index >= 15 is 0 Å². The molecule has 0 aliphatic carbocycles. The summed E-state index contributed by atoms with van der Waals surface area (Å²) in [4.78, 5) is 0. The van der Waals surface area contributed by atoms with Crippen LogP contribution in [0.5, 0.6) is 0 Å². The Morgan fingerprint density at radius 2 is 1.54 bits per heavy atom. The molecule has 80 valence electrons. The third kappa shape index (κ3) is 5.33. The van der Waals surface area contributed by atoms with Crippen LogP contribution in [0.3, 0.4) is 0 Å². The smallest absolute Gasteiger partial charge is 0.0789 e. The Balaban J connectivity index is 0. The quantitative estimate of drug-likeness (QED) is 0.308. The second kappa shape index (κ2) is 8.58. The highest BCUT2D eigenvalue weighted by molar-refractivity contribution is 4.65. The van der Waals surface area contributed by atoms with Crippen molar-refractivity contribution in [2.24, 2.45) is 0 Å². The maximum atomic E-state index is 3.75. The van der Waals surface area contributed by atoms with E-state index in [1.165, 1.54) is 43.5 Å². The Kier molecular flexibility index (Phi) is 10.2. The lowest BCUT2D eigenvalue weighted by Gasteiger charge is -2.35. The highest BCUT2D eigenvalue weighted by Crippen LogP contribution is 2.08. The third-order valence-electron chi connectivity index (χ3n) is 3.05. The van der Waals surface area contributed by atoms with Gasteiger partial charge in [0.15, 0.2) is 0 Å². The molecule has 0 unspecified atom stereocenters. The first-order valence-corrected chi connectivity index (χ1v) is 5.20. The molecule has 0 N–H and O–H groups in total. The number of quaternary nitrogens is 1. The summed E-state index contributed by atoms with van der Waals surface area (Å²) in [5.74, 6) is 0. The maximum Gasteiger partial charge on any atom is 0.0789 e. The van der Waals surface area contributed by atoms with E-state index in [9.17, 15) is 0 Å². The molecule has 0 saturated heterocycles. The molecular weight excluding hydrogens is 182 g/mol. The van der Waals surface area contributed by atoms with Crippen molar-refractivity contribution in [2.75, 3.05) is 26.2 Å². The molecule has 0 aliphatic heterocycles. The standard InChI is InChI=1S/C11H24N.ClH/c1-5-9-10-11-12(6-2,7-3)8-4;/h5H,1,6-11H2,2-4H3;1H/q+1;/p-1. The molecule has 0 amide bonds. The fourth-order valence-electron chi connectivity index (χ4n) is 1.72. The van der Waals surface area contributed by atoms with E-state index < -0.39 is 0 Å². The zero-order valence-corrected chi connectivity index (χ0v) is 10.1. The first kappa shape index (κ1) is 15.5. The van der Waals surface area contributed by atoms with Crippen molar-refractivity contribution in [3.63, 3.8) is 0 Å². The molecule has 13 heavy (non-hydrogen) atoms.